The van der Waals surface area contributed by atoms with Gasteiger partial charge in [0.1, 0.15) is 6.10 Å². The van der Waals surface area contributed by atoms with Crippen molar-refractivity contribution in [3.63, 3.8) is 0 Å². The lowest BCUT2D eigenvalue weighted by Gasteiger charge is -2.14. The van der Waals surface area contributed by atoms with Crippen LogP contribution in [0.5, 0.6) is 0 Å². The molecule has 8 nitrogen and oxygen atoms in total. The second kappa shape index (κ2) is 5.67. The van der Waals surface area contributed by atoms with Gasteiger partial charge in [-0.3, -0.25) is 19.3 Å². The maximum Gasteiger partial charge on any atom is 0.264 e. The fraction of sp³-hybridized carbons (Fsp3) is 0.400. The summed E-state index contributed by atoms with van der Waals surface area (Å²) < 4.78 is 32.0. The second-order valence-electron chi connectivity index (χ2n) is 5.90. The number of carbonyl (C=O) groups is 3. The van der Waals surface area contributed by atoms with Gasteiger partial charge in [-0.15, -0.1) is 0 Å². The number of sulfonamides is 1. The molecule has 3 rings (SSSR count). The summed E-state index contributed by atoms with van der Waals surface area (Å²) in [6, 6.07) is 3.57. The Bertz CT molecular complexity index is 848. The fourth-order valence-electron chi connectivity index (χ4n) is 2.79. The first-order chi connectivity index (χ1) is 11.2. The Morgan fingerprint density at radius 1 is 1.25 bits per heavy atom. The SMILES string of the molecule is C[C@@H]1CCO[C@@H]1C(=O)NS(=O)(=O)c1ccc2c(c1)C(=O)N(C)C2=O. The van der Waals surface area contributed by atoms with Gasteiger partial charge in [0.2, 0.25) is 0 Å². The minimum absolute atomic E-state index is 0.00306. The number of benzene rings is 1. The molecule has 0 aromatic heterocycles. The average Bonchev–Trinajstić information content (AvgIpc) is 3.05. The van der Waals surface area contributed by atoms with E-state index in [-0.39, 0.29) is 21.9 Å². The van der Waals surface area contributed by atoms with Crippen molar-refractivity contribution in [1.82, 2.24) is 9.62 Å². The van der Waals surface area contributed by atoms with Crippen molar-refractivity contribution < 1.29 is 27.5 Å². The lowest BCUT2D eigenvalue weighted by Crippen LogP contribution is -2.40. The highest BCUT2D eigenvalue weighted by atomic mass is 32.2. The monoisotopic (exact) mass is 352 g/mol. The first-order valence-corrected chi connectivity index (χ1v) is 8.85. The number of rotatable bonds is 3. The summed E-state index contributed by atoms with van der Waals surface area (Å²) in [5, 5.41) is 0. The highest BCUT2D eigenvalue weighted by Gasteiger charge is 2.36. The Kier molecular flexibility index (Phi) is 3.92. The molecule has 9 heteroatoms. The molecule has 1 aromatic carbocycles. The van der Waals surface area contributed by atoms with Gasteiger partial charge in [0.25, 0.3) is 27.7 Å². The summed E-state index contributed by atoms with van der Waals surface area (Å²) in [6.07, 6.45) is -0.136. The third kappa shape index (κ3) is 2.59. The van der Waals surface area contributed by atoms with Crippen molar-refractivity contribution in [3.05, 3.63) is 29.3 Å². The van der Waals surface area contributed by atoms with Crippen LogP contribution in [-0.4, -0.2) is 50.8 Å². The van der Waals surface area contributed by atoms with Gasteiger partial charge in [0.05, 0.1) is 16.0 Å². The molecule has 2 aliphatic heterocycles. The Morgan fingerprint density at radius 2 is 1.92 bits per heavy atom. The van der Waals surface area contributed by atoms with Gasteiger partial charge in [-0.1, -0.05) is 6.92 Å². The molecule has 3 amide bonds. The molecule has 0 unspecified atom stereocenters. The first kappa shape index (κ1) is 16.6. The number of nitrogens with one attached hydrogen (secondary N) is 1. The third-order valence-electron chi connectivity index (χ3n) is 4.25. The van der Waals surface area contributed by atoms with Gasteiger partial charge in [0, 0.05) is 13.7 Å². The van der Waals surface area contributed by atoms with Gasteiger partial charge in [-0.05, 0) is 30.5 Å². The number of ether oxygens (including phenoxy) is 1. The zero-order valence-corrected chi connectivity index (χ0v) is 13.9. The summed E-state index contributed by atoms with van der Waals surface area (Å²) in [4.78, 5) is 36.5. The van der Waals surface area contributed by atoms with E-state index in [0.717, 1.165) is 11.0 Å². The summed E-state index contributed by atoms with van der Waals surface area (Å²) in [5.74, 6) is -1.88. The van der Waals surface area contributed by atoms with Crippen LogP contribution in [-0.2, 0) is 19.6 Å². The fourth-order valence-corrected chi connectivity index (χ4v) is 3.81. The molecule has 0 aliphatic carbocycles. The molecule has 1 aromatic rings. The maximum atomic E-state index is 12.4. The second-order valence-corrected chi connectivity index (χ2v) is 7.59. The predicted molar refractivity (Wildman–Crippen MR) is 81.7 cm³/mol. The van der Waals surface area contributed by atoms with Gasteiger partial charge in [-0.2, -0.15) is 0 Å². The average molecular weight is 352 g/mol. The molecule has 0 spiro atoms. The van der Waals surface area contributed by atoms with E-state index in [4.69, 9.17) is 4.74 Å². The number of hydrogen-bond donors (Lipinski definition) is 1. The van der Waals surface area contributed by atoms with E-state index in [0.29, 0.717) is 13.0 Å². The van der Waals surface area contributed by atoms with Crippen LogP contribution >= 0.6 is 0 Å². The lowest BCUT2D eigenvalue weighted by atomic mass is 10.0. The van der Waals surface area contributed by atoms with Crippen molar-refractivity contribution in [2.24, 2.45) is 5.92 Å². The zero-order chi connectivity index (χ0) is 17.6. The number of fused-ring (bicyclic) bond motifs is 1. The van der Waals surface area contributed by atoms with E-state index in [9.17, 15) is 22.8 Å². The Morgan fingerprint density at radius 3 is 2.54 bits per heavy atom. The largest absolute Gasteiger partial charge is 0.368 e. The molecule has 1 fully saturated rings. The maximum absolute atomic E-state index is 12.4. The molecular formula is C15H16N2O6S. The number of hydrogen-bond acceptors (Lipinski definition) is 6. The van der Waals surface area contributed by atoms with E-state index in [2.05, 4.69) is 0 Å². The first-order valence-electron chi connectivity index (χ1n) is 7.37. The molecule has 2 atom stereocenters. The highest BCUT2D eigenvalue weighted by molar-refractivity contribution is 7.90. The van der Waals surface area contributed by atoms with Crippen molar-refractivity contribution in [1.29, 1.82) is 0 Å². The molecule has 1 saturated heterocycles. The van der Waals surface area contributed by atoms with Crippen LogP contribution in [0.4, 0.5) is 0 Å². The number of nitrogens with zero attached hydrogens (tertiary/aromatic N) is 1. The number of carbonyl (C=O) groups excluding carboxylic acids is 3. The summed E-state index contributed by atoms with van der Waals surface area (Å²) >= 11 is 0. The van der Waals surface area contributed by atoms with E-state index in [1.165, 1.54) is 19.2 Å². The highest BCUT2D eigenvalue weighted by Crippen LogP contribution is 2.25. The van der Waals surface area contributed by atoms with Gasteiger partial charge in [-0.25, -0.2) is 13.1 Å². The smallest absolute Gasteiger partial charge is 0.264 e. The summed E-state index contributed by atoms with van der Waals surface area (Å²) in [7, 11) is -2.84. The number of imide groups is 1. The van der Waals surface area contributed by atoms with Crippen LogP contribution in [0.2, 0.25) is 0 Å². The topological polar surface area (TPSA) is 110 Å². The summed E-state index contributed by atoms with van der Waals surface area (Å²) in [5.41, 5.74) is 0.142. The molecule has 24 heavy (non-hydrogen) atoms. The van der Waals surface area contributed by atoms with Gasteiger partial charge >= 0.3 is 0 Å². The van der Waals surface area contributed by atoms with E-state index < -0.39 is 33.8 Å². The van der Waals surface area contributed by atoms with E-state index >= 15 is 0 Å². The van der Waals surface area contributed by atoms with Crippen LogP contribution in [0.25, 0.3) is 0 Å². The van der Waals surface area contributed by atoms with Crippen LogP contribution in [0.3, 0.4) is 0 Å². The molecular weight excluding hydrogens is 336 g/mol. The molecule has 2 aliphatic rings. The Balaban J connectivity index is 1.88. The van der Waals surface area contributed by atoms with Crippen molar-refractivity contribution in [2.75, 3.05) is 13.7 Å². The van der Waals surface area contributed by atoms with Gasteiger partial charge < -0.3 is 4.74 Å². The van der Waals surface area contributed by atoms with Crippen LogP contribution < -0.4 is 4.72 Å². The molecule has 0 bridgehead atoms. The minimum Gasteiger partial charge on any atom is -0.368 e. The van der Waals surface area contributed by atoms with E-state index in [1.807, 2.05) is 4.72 Å². The number of amides is 3. The lowest BCUT2D eigenvalue weighted by molar-refractivity contribution is -0.129. The van der Waals surface area contributed by atoms with Crippen LogP contribution in [0.1, 0.15) is 34.1 Å². The van der Waals surface area contributed by atoms with Crippen LogP contribution in [0, 0.1) is 5.92 Å². The van der Waals surface area contributed by atoms with Crippen molar-refractivity contribution in [3.8, 4) is 0 Å². The van der Waals surface area contributed by atoms with Crippen LogP contribution in [0.15, 0.2) is 23.1 Å². The molecule has 2 heterocycles. The quantitative estimate of drug-likeness (QED) is 0.775. The zero-order valence-electron chi connectivity index (χ0n) is 13.1. The molecule has 0 saturated carbocycles. The van der Waals surface area contributed by atoms with E-state index in [1.54, 1.807) is 6.92 Å². The normalized spacial score (nSPS) is 23.5. The summed E-state index contributed by atoms with van der Waals surface area (Å²) in [6.45, 7) is 2.21. The Labute approximate surface area is 138 Å². The van der Waals surface area contributed by atoms with Crippen molar-refractivity contribution >= 4 is 27.7 Å². The Hall–Kier alpha value is -2.26. The third-order valence-corrected chi connectivity index (χ3v) is 5.60. The molecule has 128 valence electrons. The minimum atomic E-state index is -4.16. The molecule has 1 N–H and O–H groups in total. The van der Waals surface area contributed by atoms with Crippen molar-refractivity contribution in [2.45, 2.75) is 24.3 Å². The molecule has 0 radical (unpaired) electrons. The predicted octanol–water partition coefficient (Wildman–Crippen LogP) is 0.142. The standard InChI is InChI=1S/C15H16N2O6S/c1-8-5-6-23-12(8)13(18)16-24(21,22)9-3-4-10-11(7-9)15(20)17(2)14(10)19/h3-4,7-8,12H,5-6H2,1-2H3,(H,16,18)/t8-,12+/m1/s1. The van der Waals surface area contributed by atoms with Gasteiger partial charge in [0.15, 0.2) is 0 Å².